The Balaban J connectivity index is 1.59. The van der Waals surface area contributed by atoms with Crippen LogP contribution in [-0.2, 0) is 14.3 Å². The number of esters is 1. The molecule has 0 unspecified atom stereocenters. The summed E-state index contributed by atoms with van der Waals surface area (Å²) in [5, 5.41) is 9.42. The van der Waals surface area contributed by atoms with Crippen LogP contribution in [0.1, 0.15) is 23.0 Å². The van der Waals surface area contributed by atoms with Gasteiger partial charge in [-0.05, 0) is 37.3 Å². The van der Waals surface area contributed by atoms with Gasteiger partial charge in [-0.2, -0.15) is 5.10 Å². The summed E-state index contributed by atoms with van der Waals surface area (Å²) in [6, 6.07) is 8.25. The van der Waals surface area contributed by atoms with Crippen LogP contribution < -0.4 is 10.6 Å². The van der Waals surface area contributed by atoms with Crippen molar-refractivity contribution in [2.75, 3.05) is 17.2 Å². The highest BCUT2D eigenvalue weighted by Gasteiger charge is 2.20. The van der Waals surface area contributed by atoms with Crippen molar-refractivity contribution in [3.8, 4) is 0 Å². The molecular formula is C18H17N5O4. The van der Waals surface area contributed by atoms with Crippen LogP contribution >= 0.6 is 0 Å². The first-order chi connectivity index (χ1) is 12.9. The lowest BCUT2D eigenvalue weighted by atomic mass is 10.2. The lowest BCUT2D eigenvalue weighted by Gasteiger charge is -2.07. The summed E-state index contributed by atoms with van der Waals surface area (Å²) < 4.78 is 6.56. The molecule has 0 atom stereocenters. The third-order valence-electron chi connectivity index (χ3n) is 3.60. The van der Waals surface area contributed by atoms with Crippen LogP contribution in [0, 0.1) is 6.92 Å². The Hall–Kier alpha value is -3.75. The molecule has 2 N–H and O–H groups in total. The molecule has 138 valence electrons. The van der Waals surface area contributed by atoms with Gasteiger partial charge in [0, 0.05) is 30.7 Å². The Bertz CT molecular complexity index is 1010. The number of nitrogens with one attached hydrogen (secondary N) is 2. The third kappa shape index (κ3) is 4.27. The molecule has 0 aliphatic heterocycles. The van der Waals surface area contributed by atoms with Gasteiger partial charge in [0.15, 0.2) is 12.3 Å². The first-order valence-corrected chi connectivity index (χ1v) is 8.08. The number of nitrogens with zero attached hydrogens (tertiary/aromatic N) is 3. The maximum Gasteiger partial charge on any atom is 0.344 e. The topological polar surface area (TPSA) is 115 Å². The van der Waals surface area contributed by atoms with Gasteiger partial charge in [0.2, 0.25) is 5.91 Å². The van der Waals surface area contributed by atoms with E-state index in [1.807, 2.05) is 0 Å². The van der Waals surface area contributed by atoms with E-state index in [1.165, 1.54) is 11.4 Å². The summed E-state index contributed by atoms with van der Waals surface area (Å²) in [6.07, 6.45) is 3.22. The van der Waals surface area contributed by atoms with Crippen LogP contribution in [0.3, 0.4) is 0 Å². The number of rotatable bonds is 5. The summed E-state index contributed by atoms with van der Waals surface area (Å²) in [5.41, 5.74) is 2.19. The molecule has 0 fully saturated rings. The van der Waals surface area contributed by atoms with E-state index in [9.17, 15) is 14.4 Å². The lowest BCUT2D eigenvalue weighted by molar-refractivity contribution is -0.119. The fourth-order valence-electron chi connectivity index (χ4n) is 2.48. The molecule has 0 radical (unpaired) electrons. The number of hydrogen-bond acceptors (Lipinski definition) is 6. The fourth-order valence-corrected chi connectivity index (χ4v) is 2.48. The normalized spacial score (nSPS) is 10.4. The summed E-state index contributed by atoms with van der Waals surface area (Å²) in [4.78, 5) is 39.4. The number of hydrogen-bond donors (Lipinski definition) is 2. The number of amides is 2. The zero-order valence-corrected chi connectivity index (χ0v) is 14.7. The van der Waals surface area contributed by atoms with E-state index < -0.39 is 18.5 Å². The van der Waals surface area contributed by atoms with Crippen molar-refractivity contribution in [2.45, 2.75) is 13.8 Å². The number of benzene rings is 1. The van der Waals surface area contributed by atoms with E-state index in [1.54, 1.807) is 49.6 Å². The summed E-state index contributed by atoms with van der Waals surface area (Å²) in [6.45, 7) is 2.63. The highest BCUT2D eigenvalue weighted by molar-refractivity contribution is 5.99. The van der Waals surface area contributed by atoms with E-state index in [2.05, 4.69) is 20.7 Å². The number of carbonyl (C=O) groups excluding carboxylic acids is 3. The Morgan fingerprint density at radius 2 is 1.78 bits per heavy atom. The van der Waals surface area contributed by atoms with Crippen LogP contribution in [-0.4, -0.2) is 39.0 Å². The first-order valence-electron chi connectivity index (χ1n) is 8.08. The number of carbonyl (C=O) groups is 3. The molecule has 3 rings (SSSR count). The Morgan fingerprint density at radius 3 is 2.44 bits per heavy atom. The number of fused-ring (bicyclic) bond motifs is 1. The van der Waals surface area contributed by atoms with Gasteiger partial charge in [0.05, 0.1) is 5.69 Å². The monoisotopic (exact) mass is 367 g/mol. The molecule has 0 saturated carbocycles. The summed E-state index contributed by atoms with van der Waals surface area (Å²) in [5.74, 6) is -1.34. The third-order valence-corrected chi connectivity index (χ3v) is 3.60. The van der Waals surface area contributed by atoms with E-state index >= 15 is 0 Å². The highest BCUT2D eigenvalue weighted by Crippen LogP contribution is 2.15. The second-order valence-corrected chi connectivity index (χ2v) is 5.73. The van der Waals surface area contributed by atoms with Gasteiger partial charge in [-0.3, -0.25) is 9.59 Å². The van der Waals surface area contributed by atoms with E-state index in [0.717, 1.165) is 0 Å². The van der Waals surface area contributed by atoms with Crippen LogP contribution in [0.25, 0.3) is 5.65 Å². The largest absolute Gasteiger partial charge is 0.452 e. The summed E-state index contributed by atoms with van der Waals surface area (Å²) >= 11 is 0. The molecule has 9 nitrogen and oxygen atoms in total. The first kappa shape index (κ1) is 18.1. The molecule has 9 heteroatoms. The SMILES string of the molecule is CC(=O)Nc1ccc(NC(=O)COC(=O)c2c(C)nn3cccnc23)cc1. The zero-order chi connectivity index (χ0) is 19.4. The molecule has 2 heterocycles. The van der Waals surface area contributed by atoms with Crippen LogP contribution in [0.4, 0.5) is 11.4 Å². The summed E-state index contributed by atoms with van der Waals surface area (Å²) in [7, 11) is 0. The van der Waals surface area contributed by atoms with Crippen LogP contribution in [0.5, 0.6) is 0 Å². The molecule has 2 aromatic heterocycles. The van der Waals surface area contributed by atoms with Gasteiger partial charge >= 0.3 is 5.97 Å². The van der Waals surface area contributed by atoms with Crippen molar-refractivity contribution >= 4 is 34.8 Å². The molecule has 0 bridgehead atoms. The van der Waals surface area contributed by atoms with E-state index in [-0.39, 0.29) is 11.5 Å². The molecular weight excluding hydrogens is 350 g/mol. The predicted octanol–water partition coefficient (Wildman–Crippen LogP) is 1.79. The minimum atomic E-state index is -0.669. The van der Waals surface area contributed by atoms with Gasteiger partial charge < -0.3 is 15.4 Å². The van der Waals surface area contributed by atoms with Crippen molar-refractivity contribution < 1.29 is 19.1 Å². The number of anilines is 2. The standard InChI is InChI=1S/C18H17N5O4/c1-11-16(17-19-8-3-9-23(17)22-11)18(26)27-10-15(25)21-14-6-4-13(5-7-14)20-12(2)24/h3-9H,10H2,1-2H3,(H,20,24)(H,21,25). The van der Waals surface area contributed by atoms with Gasteiger partial charge in [0.1, 0.15) is 5.56 Å². The number of aryl methyl sites for hydroxylation is 1. The molecule has 0 saturated heterocycles. The maximum atomic E-state index is 12.3. The predicted molar refractivity (Wildman–Crippen MR) is 97.4 cm³/mol. The minimum absolute atomic E-state index is 0.184. The molecule has 3 aromatic rings. The van der Waals surface area contributed by atoms with Crippen molar-refractivity contribution in [2.24, 2.45) is 0 Å². The molecule has 0 aliphatic carbocycles. The van der Waals surface area contributed by atoms with Gasteiger partial charge in [-0.25, -0.2) is 14.3 Å². The zero-order valence-electron chi connectivity index (χ0n) is 14.7. The maximum absolute atomic E-state index is 12.3. The second-order valence-electron chi connectivity index (χ2n) is 5.73. The quantitative estimate of drug-likeness (QED) is 0.665. The minimum Gasteiger partial charge on any atom is -0.452 e. The average Bonchev–Trinajstić information content (AvgIpc) is 2.97. The van der Waals surface area contributed by atoms with Crippen LogP contribution in [0.15, 0.2) is 42.7 Å². The molecule has 1 aromatic carbocycles. The number of ether oxygens (including phenoxy) is 1. The van der Waals surface area contributed by atoms with Gasteiger partial charge in [-0.1, -0.05) is 0 Å². The van der Waals surface area contributed by atoms with Gasteiger partial charge in [-0.15, -0.1) is 0 Å². The molecule has 0 spiro atoms. The fraction of sp³-hybridized carbons (Fsp3) is 0.167. The van der Waals surface area contributed by atoms with Crippen LogP contribution in [0.2, 0.25) is 0 Å². The Morgan fingerprint density at radius 1 is 1.11 bits per heavy atom. The smallest absolute Gasteiger partial charge is 0.344 e. The van der Waals surface area contributed by atoms with Crippen molar-refractivity contribution in [3.05, 3.63) is 54.0 Å². The van der Waals surface area contributed by atoms with E-state index in [0.29, 0.717) is 22.7 Å². The molecule has 27 heavy (non-hydrogen) atoms. The molecule has 2 amide bonds. The molecule has 0 aliphatic rings. The van der Waals surface area contributed by atoms with E-state index in [4.69, 9.17) is 4.74 Å². The lowest BCUT2D eigenvalue weighted by Crippen LogP contribution is -2.21. The Labute approximate surface area is 154 Å². The van der Waals surface area contributed by atoms with Gasteiger partial charge in [0.25, 0.3) is 5.91 Å². The average molecular weight is 367 g/mol. The Kier molecular flexibility index (Phi) is 5.11. The second kappa shape index (κ2) is 7.65. The van der Waals surface area contributed by atoms with Crippen molar-refractivity contribution in [1.82, 2.24) is 14.6 Å². The van der Waals surface area contributed by atoms with Crippen molar-refractivity contribution in [1.29, 1.82) is 0 Å². The highest BCUT2D eigenvalue weighted by atomic mass is 16.5. The van der Waals surface area contributed by atoms with Crippen molar-refractivity contribution in [3.63, 3.8) is 0 Å². The number of aromatic nitrogens is 3.